The Morgan fingerprint density at radius 2 is 2.15 bits per heavy atom. The third-order valence-corrected chi connectivity index (χ3v) is 1.93. The number of alkyl halides is 2. The number of nitrogens with zero attached hydrogens (tertiary/aromatic N) is 1. The number of hydrogen-bond acceptors (Lipinski definition) is 2. The lowest BCUT2D eigenvalue weighted by atomic mass is 10.2. The van der Waals surface area contributed by atoms with Crippen LogP contribution < -0.4 is 4.74 Å². The van der Waals surface area contributed by atoms with Crippen molar-refractivity contribution in [1.29, 1.82) is 0 Å². The van der Waals surface area contributed by atoms with Crippen molar-refractivity contribution in [1.82, 2.24) is 4.98 Å². The van der Waals surface area contributed by atoms with Gasteiger partial charge >= 0.3 is 0 Å². The van der Waals surface area contributed by atoms with Gasteiger partial charge in [-0.1, -0.05) is 0 Å². The van der Waals surface area contributed by atoms with Crippen LogP contribution in [0.15, 0.2) is 6.07 Å². The highest BCUT2D eigenvalue weighted by atomic mass is 127. The second-order valence-electron chi connectivity index (χ2n) is 2.15. The second-order valence-corrected chi connectivity index (χ2v) is 3.26. The zero-order chi connectivity index (χ0) is 10.0. The molecule has 1 aromatic heterocycles. The van der Waals surface area contributed by atoms with Crippen LogP contribution in [0.5, 0.6) is 5.75 Å². The first kappa shape index (κ1) is 10.6. The molecular weight excluding hydrogens is 298 g/mol. The van der Waals surface area contributed by atoms with E-state index in [1.807, 2.05) is 0 Å². The molecule has 72 valence electrons. The molecule has 0 aliphatic carbocycles. The van der Waals surface area contributed by atoms with Crippen molar-refractivity contribution in [3.63, 3.8) is 0 Å². The number of methoxy groups -OCH3 is 1. The van der Waals surface area contributed by atoms with Crippen LogP contribution in [0.25, 0.3) is 0 Å². The van der Waals surface area contributed by atoms with E-state index in [0.717, 1.165) is 0 Å². The van der Waals surface area contributed by atoms with Crippen molar-refractivity contribution in [2.75, 3.05) is 7.11 Å². The molecule has 0 aliphatic rings. The minimum Gasteiger partial charge on any atom is -0.496 e. The highest BCUT2D eigenvalue weighted by molar-refractivity contribution is 14.1. The lowest BCUT2D eigenvalue weighted by Crippen LogP contribution is -2.00. The molecule has 0 radical (unpaired) electrons. The SMILES string of the molecule is COc1cc(I)nc(F)c1C(F)F. The number of hydrogen-bond donors (Lipinski definition) is 0. The Bertz CT molecular complexity index is 319. The zero-order valence-electron chi connectivity index (χ0n) is 6.52. The summed E-state index contributed by atoms with van der Waals surface area (Å²) in [6, 6.07) is 1.26. The van der Waals surface area contributed by atoms with Crippen LogP contribution in [0, 0.1) is 9.65 Å². The quantitative estimate of drug-likeness (QED) is 0.619. The molecule has 1 aromatic rings. The Balaban J connectivity index is 3.30. The lowest BCUT2D eigenvalue weighted by Gasteiger charge is -2.07. The summed E-state index contributed by atoms with van der Waals surface area (Å²) >= 11 is 1.72. The van der Waals surface area contributed by atoms with Gasteiger partial charge in [-0.25, -0.2) is 13.8 Å². The zero-order valence-corrected chi connectivity index (χ0v) is 8.68. The molecule has 1 heterocycles. The molecule has 0 N–H and O–H groups in total. The smallest absolute Gasteiger partial charge is 0.271 e. The van der Waals surface area contributed by atoms with Gasteiger partial charge in [0.25, 0.3) is 6.43 Å². The summed E-state index contributed by atoms with van der Waals surface area (Å²) in [6.45, 7) is 0. The average molecular weight is 303 g/mol. The van der Waals surface area contributed by atoms with E-state index in [0.29, 0.717) is 0 Å². The van der Waals surface area contributed by atoms with Gasteiger partial charge in [-0.3, -0.25) is 0 Å². The van der Waals surface area contributed by atoms with Gasteiger partial charge in [-0.15, -0.1) is 0 Å². The number of aromatic nitrogens is 1. The number of rotatable bonds is 2. The van der Waals surface area contributed by atoms with Crippen LogP contribution in [0.1, 0.15) is 12.0 Å². The first-order valence-corrected chi connectivity index (χ1v) is 4.32. The van der Waals surface area contributed by atoms with E-state index in [1.165, 1.54) is 13.2 Å². The fraction of sp³-hybridized carbons (Fsp3) is 0.286. The summed E-state index contributed by atoms with van der Waals surface area (Å²) < 4.78 is 42.2. The summed E-state index contributed by atoms with van der Waals surface area (Å²) in [5, 5.41) is 0. The molecule has 0 atom stereocenters. The molecule has 0 unspecified atom stereocenters. The van der Waals surface area contributed by atoms with Crippen molar-refractivity contribution < 1.29 is 17.9 Å². The summed E-state index contributed by atoms with van der Waals surface area (Å²) in [5.41, 5.74) is -0.789. The molecule has 2 nitrogen and oxygen atoms in total. The van der Waals surface area contributed by atoms with Gasteiger partial charge in [0.2, 0.25) is 5.95 Å². The van der Waals surface area contributed by atoms with Crippen molar-refractivity contribution in [3.05, 3.63) is 21.3 Å². The largest absolute Gasteiger partial charge is 0.496 e. The van der Waals surface area contributed by atoms with Crippen LogP contribution in [-0.4, -0.2) is 12.1 Å². The summed E-state index contributed by atoms with van der Waals surface area (Å²) in [6.07, 6.45) is -2.92. The summed E-state index contributed by atoms with van der Waals surface area (Å²) in [4.78, 5) is 3.26. The first-order chi connectivity index (χ1) is 6.06. The standard InChI is InChI=1S/C7H5F3INO/c1-13-3-2-4(11)12-7(10)5(3)6(8)9/h2,6H,1H3. The molecule has 0 bridgehead atoms. The predicted molar refractivity (Wildman–Crippen MR) is 48.4 cm³/mol. The average Bonchev–Trinajstić information content (AvgIpc) is 2.01. The minimum atomic E-state index is -2.92. The van der Waals surface area contributed by atoms with Crippen molar-refractivity contribution >= 4 is 22.6 Å². The lowest BCUT2D eigenvalue weighted by molar-refractivity contribution is 0.140. The topological polar surface area (TPSA) is 22.1 Å². The molecule has 0 aliphatic heterocycles. The van der Waals surface area contributed by atoms with E-state index in [2.05, 4.69) is 9.72 Å². The Kier molecular flexibility index (Phi) is 3.34. The maximum atomic E-state index is 12.9. The molecule has 0 spiro atoms. The highest BCUT2D eigenvalue weighted by Crippen LogP contribution is 2.31. The molecule has 13 heavy (non-hydrogen) atoms. The molecule has 0 fully saturated rings. The Hall–Kier alpha value is -0.530. The van der Waals surface area contributed by atoms with Gasteiger partial charge in [0, 0.05) is 6.07 Å². The monoisotopic (exact) mass is 303 g/mol. The summed E-state index contributed by atoms with van der Waals surface area (Å²) in [5.74, 6) is -1.36. The molecule has 0 saturated carbocycles. The van der Waals surface area contributed by atoms with Crippen LogP contribution in [0.4, 0.5) is 13.2 Å². The van der Waals surface area contributed by atoms with Crippen molar-refractivity contribution in [2.24, 2.45) is 0 Å². The van der Waals surface area contributed by atoms with E-state index in [9.17, 15) is 13.2 Å². The molecule has 0 saturated heterocycles. The van der Waals surface area contributed by atoms with Gasteiger partial charge in [-0.05, 0) is 22.6 Å². The van der Waals surface area contributed by atoms with Crippen LogP contribution in [0.3, 0.4) is 0 Å². The van der Waals surface area contributed by atoms with Crippen molar-refractivity contribution in [3.8, 4) is 5.75 Å². The third kappa shape index (κ3) is 2.23. The minimum absolute atomic E-state index is 0.174. The van der Waals surface area contributed by atoms with Crippen LogP contribution >= 0.6 is 22.6 Å². The Morgan fingerprint density at radius 1 is 1.54 bits per heavy atom. The molecule has 1 rings (SSSR count). The van der Waals surface area contributed by atoms with Crippen LogP contribution in [0.2, 0.25) is 0 Å². The van der Waals surface area contributed by atoms with Gasteiger partial charge in [0.15, 0.2) is 0 Å². The summed E-state index contributed by atoms with van der Waals surface area (Å²) in [7, 11) is 1.21. The molecule has 0 amide bonds. The Labute approximate surface area is 86.3 Å². The van der Waals surface area contributed by atoms with E-state index >= 15 is 0 Å². The van der Waals surface area contributed by atoms with E-state index in [4.69, 9.17) is 0 Å². The van der Waals surface area contributed by atoms with Crippen LogP contribution in [-0.2, 0) is 0 Å². The fourth-order valence-corrected chi connectivity index (χ4v) is 1.33. The van der Waals surface area contributed by atoms with Crippen molar-refractivity contribution in [2.45, 2.75) is 6.43 Å². The fourth-order valence-electron chi connectivity index (χ4n) is 0.840. The first-order valence-electron chi connectivity index (χ1n) is 3.24. The Morgan fingerprint density at radius 3 is 2.62 bits per heavy atom. The van der Waals surface area contributed by atoms with E-state index < -0.39 is 17.9 Å². The van der Waals surface area contributed by atoms with Gasteiger partial charge in [-0.2, -0.15) is 4.39 Å². The molecule has 0 aromatic carbocycles. The molecular formula is C7H5F3INO. The van der Waals surface area contributed by atoms with E-state index in [1.54, 1.807) is 22.6 Å². The van der Waals surface area contributed by atoms with Gasteiger partial charge in [0.1, 0.15) is 15.0 Å². The van der Waals surface area contributed by atoms with E-state index in [-0.39, 0.29) is 9.45 Å². The number of pyridine rings is 1. The predicted octanol–water partition coefficient (Wildman–Crippen LogP) is 2.77. The molecule has 6 heteroatoms. The normalized spacial score (nSPS) is 10.6. The number of ether oxygens (including phenoxy) is 1. The van der Waals surface area contributed by atoms with Gasteiger partial charge < -0.3 is 4.74 Å². The maximum Gasteiger partial charge on any atom is 0.271 e. The maximum absolute atomic E-state index is 12.9. The number of halogens is 4. The highest BCUT2D eigenvalue weighted by Gasteiger charge is 2.21. The third-order valence-electron chi connectivity index (χ3n) is 1.38. The van der Waals surface area contributed by atoms with Gasteiger partial charge in [0.05, 0.1) is 7.11 Å². The second kappa shape index (κ2) is 4.12.